The molecule has 104 valence electrons. The van der Waals surface area contributed by atoms with E-state index in [1.54, 1.807) is 6.07 Å². The number of hydrogen-bond donors (Lipinski definition) is 2. The summed E-state index contributed by atoms with van der Waals surface area (Å²) in [6, 6.07) is 14.6. The molecule has 0 aliphatic carbocycles. The first-order valence-electron chi connectivity index (χ1n) is 6.04. The van der Waals surface area contributed by atoms with Crippen LogP contribution in [0.25, 0.3) is 0 Å². The van der Waals surface area contributed by atoms with Crippen LogP contribution in [0.4, 0.5) is 5.69 Å². The smallest absolute Gasteiger partial charge is 0.312 e. The Morgan fingerprint density at radius 3 is 2.55 bits per heavy atom. The molecule has 2 aromatic rings. The van der Waals surface area contributed by atoms with Gasteiger partial charge in [-0.2, -0.15) is 0 Å². The van der Waals surface area contributed by atoms with Gasteiger partial charge in [0, 0.05) is 11.0 Å². The van der Waals surface area contributed by atoms with Crippen molar-refractivity contribution in [2.45, 2.75) is 5.92 Å². The van der Waals surface area contributed by atoms with Crippen LogP contribution < -0.4 is 5.32 Å². The van der Waals surface area contributed by atoms with Gasteiger partial charge in [0.2, 0.25) is 0 Å². The van der Waals surface area contributed by atoms with E-state index in [0.717, 1.165) is 15.7 Å². The van der Waals surface area contributed by atoms with E-state index < -0.39 is 11.9 Å². The summed E-state index contributed by atoms with van der Waals surface area (Å²) in [4.78, 5) is 11.4. The molecule has 3 nitrogen and oxygen atoms in total. The lowest BCUT2D eigenvalue weighted by molar-refractivity contribution is -0.138. The Morgan fingerprint density at radius 2 is 1.95 bits per heavy atom. The average molecular weight is 355 g/mol. The maximum Gasteiger partial charge on any atom is 0.312 e. The second-order valence-electron chi connectivity index (χ2n) is 4.31. The van der Waals surface area contributed by atoms with Gasteiger partial charge < -0.3 is 10.4 Å². The van der Waals surface area contributed by atoms with Crippen molar-refractivity contribution in [2.75, 3.05) is 11.9 Å². The number of hydrogen-bond acceptors (Lipinski definition) is 2. The summed E-state index contributed by atoms with van der Waals surface area (Å²) in [5.41, 5.74) is 1.48. The van der Waals surface area contributed by atoms with Crippen molar-refractivity contribution in [1.82, 2.24) is 0 Å². The van der Waals surface area contributed by atoms with E-state index in [1.165, 1.54) is 0 Å². The molecule has 2 aromatic carbocycles. The third-order valence-electron chi connectivity index (χ3n) is 2.93. The van der Waals surface area contributed by atoms with Crippen LogP contribution in [0.15, 0.2) is 53.0 Å². The maximum absolute atomic E-state index is 11.4. The van der Waals surface area contributed by atoms with E-state index in [0.29, 0.717) is 5.02 Å². The van der Waals surface area contributed by atoms with Gasteiger partial charge in [-0.15, -0.1) is 0 Å². The molecule has 20 heavy (non-hydrogen) atoms. The highest BCUT2D eigenvalue weighted by molar-refractivity contribution is 9.10. The standard InChI is InChI=1S/C15H13BrClNO2/c16-11-6-7-14(13(17)8-11)18-9-12(15(19)20)10-4-2-1-3-5-10/h1-8,12,18H,9H2,(H,19,20). The van der Waals surface area contributed by atoms with Crippen LogP contribution >= 0.6 is 27.5 Å². The average Bonchev–Trinajstić information content (AvgIpc) is 2.42. The highest BCUT2D eigenvalue weighted by atomic mass is 79.9. The summed E-state index contributed by atoms with van der Waals surface area (Å²) >= 11 is 9.43. The topological polar surface area (TPSA) is 49.3 Å². The lowest BCUT2D eigenvalue weighted by Crippen LogP contribution is -2.21. The summed E-state index contributed by atoms with van der Waals surface area (Å²) < 4.78 is 0.880. The Kier molecular flexibility index (Phi) is 5.04. The molecule has 1 atom stereocenters. The number of nitrogens with one attached hydrogen (secondary N) is 1. The zero-order chi connectivity index (χ0) is 14.5. The maximum atomic E-state index is 11.4. The largest absolute Gasteiger partial charge is 0.481 e. The van der Waals surface area contributed by atoms with E-state index in [4.69, 9.17) is 11.6 Å². The second kappa shape index (κ2) is 6.77. The fraction of sp³-hybridized carbons (Fsp3) is 0.133. The van der Waals surface area contributed by atoms with Crippen molar-refractivity contribution in [1.29, 1.82) is 0 Å². The normalized spacial score (nSPS) is 11.9. The Hall–Kier alpha value is -1.52. The number of rotatable bonds is 5. The lowest BCUT2D eigenvalue weighted by atomic mass is 9.99. The van der Waals surface area contributed by atoms with Crippen LogP contribution in [-0.4, -0.2) is 17.6 Å². The number of benzene rings is 2. The molecular weight excluding hydrogens is 342 g/mol. The first kappa shape index (κ1) is 14.9. The van der Waals surface area contributed by atoms with E-state index in [1.807, 2.05) is 42.5 Å². The molecule has 0 fully saturated rings. The summed E-state index contributed by atoms with van der Waals surface area (Å²) in [6.45, 7) is 0.278. The van der Waals surface area contributed by atoms with Gasteiger partial charge in [-0.3, -0.25) is 4.79 Å². The van der Waals surface area contributed by atoms with Crippen LogP contribution in [0.2, 0.25) is 5.02 Å². The zero-order valence-corrected chi connectivity index (χ0v) is 12.9. The van der Waals surface area contributed by atoms with Gasteiger partial charge in [0.05, 0.1) is 16.6 Å². The molecule has 0 saturated carbocycles. The van der Waals surface area contributed by atoms with Crippen LogP contribution in [0.1, 0.15) is 11.5 Å². The fourth-order valence-electron chi connectivity index (χ4n) is 1.88. The Morgan fingerprint density at radius 1 is 1.25 bits per heavy atom. The summed E-state index contributed by atoms with van der Waals surface area (Å²) in [5, 5.41) is 13.0. The molecule has 2 N–H and O–H groups in total. The van der Waals surface area contributed by atoms with Crippen molar-refractivity contribution < 1.29 is 9.90 Å². The molecule has 0 bridgehead atoms. The van der Waals surface area contributed by atoms with Crippen molar-refractivity contribution in [3.05, 3.63) is 63.6 Å². The fourth-order valence-corrected chi connectivity index (χ4v) is 2.62. The number of carbonyl (C=O) groups is 1. The molecule has 1 unspecified atom stereocenters. The van der Waals surface area contributed by atoms with Gasteiger partial charge in [-0.25, -0.2) is 0 Å². The van der Waals surface area contributed by atoms with Gasteiger partial charge >= 0.3 is 5.97 Å². The molecule has 0 amide bonds. The van der Waals surface area contributed by atoms with Crippen molar-refractivity contribution in [3.63, 3.8) is 0 Å². The van der Waals surface area contributed by atoms with Crippen LogP contribution in [0, 0.1) is 0 Å². The summed E-state index contributed by atoms with van der Waals surface area (Å²) in [5.74, 6) is -1.48. The van der Waals surface area contributed by atoms with Gasteiger partial charge in [0.15, 0.2) is 0 Å². The van der Waals surface area contributed by atoms with Crippen molar-refractivity contribution in [3.8, 4) is 0 Å². The zero-order valence-electron chi connectivity index (χ0n) is 10.5. The minimum atomic E-state index is -0.864. The molecule has 5 heteroatoms. The monoisotopic (exact) mass is 353 g/mol. The first-order chi connectivity index (χ1) is 9.58. The highest BCUT2D eigenvalue weighted by Crippen LogP contribution is 2.26. The Balaban J connectivity index is 2.12. The van der Waals surface area contributed by atoms with Crippen LogP contribution in [-0.2, 0) is 4.79 Å². The molecular formula is C15H13BrClNO2. The predicted octanol–water partition coefficient (Wildman–Crippen LogP) is 4.38. The lowest BCUT2D eigenvalue weighted by Gasteiger charge is -2.15. The molecule has 0 aliphatic heterocycles. The minimum absolute atomic E-state index is 0.278. The third-order valence-corrected chi connectivity index (χ3v) is 3.73. The number of carboxylic acid groups (broad SMARTS) is 1. The van der Waals surface area contributed by atoms with E-state index in [2.05, 4.69) is 21.2 Å². The third kappa shape index (κ3) is 3.74. The van der Waals surface area contributed by atoms with Crippen molar-refractivity contribution >= 4 is 39.2 Å². The molecule has 0 aromatic heterocycles. The van der Waals surface area contributed by atoms with Crippen LogP contribution in [0.5, 0.6) is 0 Å². The van der Waals surface area contributed by atoms with Gasteiger partial charge in [0.1, 0.15) is 0 Å². The molecule has 0 saturated heterocycles. The van der Waals surface area contributed by atoms with Gasteiger partial charge in [-0.1, -0.05) is 57.9 Å². The molecule has 0 aliphatic rings. The summed E-state index contributed by atoms with van der Waals surface area (Å²) in [6.07, 6.45) is 0. The minimum Gasteiger partial charge on any atom is -0.481 e. The number of anilines is 1. The van der Waals surface area contributed by atoms with E-state index >= 15 is 0 Å². The quantitative estimate of drug-likeness (QED) is 0.837. The number of carboxylic acids is 1. The Bertz CT molecular complexity index is 604. The summed E-state index contributed by atoms with van der Waals surface area (Å²) in [7, 11) is 0. The second-order valence-corrected chi connectivity index (χ2v) is 5.63. The van der Waals surface area contributed by atoms with E-state index in [-0.39, 0.29) is 6.54 Å². The number of halogens is 2. The molecule has 2 rings (SSSR count). The molecule has 0 spiro atoms. The SMILES string of the molecule is O=C(O)C(CNc1ccc(Br)cc1Cl)c1ccccc1. The molecule has 0 heterocycles. The Labute approximate surface area is 130 Å². The van der Waals surface area contributed by atoms with Crippen molar-refractivity contribution in [2.24, 2.45) is 0 Å². The first-order valence-corrected chi connectivity index (χ1v) is 7.21. The predicted molar refractivity (Wildman–Crippen MR) is 84.5 cm³/mol. The number of aliphatic carboxylic acids is 1. The van der Waals surface area contributed by atoms with Crippen LogP contribution in [0.3, 0.4) is 0 Å². The highest BCUT2D eigenvalue weighted by Gasteiger charge is 2.19. The van der Waals surface area contributed by atoms with Gasteiger partial charge in [-0.05, 0) is 23.8 Å². The molecule has 0 radical (unpaired) electrons. The van der Waals surface area contributed by atoms with Gasteiger partial charge in [0.25, 0.3) is 0 Å². The van der Waals surface area contributed by atoms with E-state index in [9.17, 15) is 9.90 Å².